The Kier molecular flexibility index (Phi) is 65.8. The van der Waals surface area contributed by atoms with E-state index in [0.717, 1.165) is 125 Å². The van der Waals surface area contributed by atoms with Crippen LogP contribution in [0.25, 0.3) is 0 Å². The minimum Gasteiger partial charge on any atom is -0.484 e. The molecular weight excluding hydrogens is 1720 g/mol. The topological polar surface area (TPSA) is 158 Å². The first-order chi connectivity index (χ1) is 43.8. The van der Waals surface area contributed by atoms with Gasteiger partial charge >= 0.3 is 0 Å². The molecule has 12 nitrogen and oxygen atoms in total. The number of ether oxygens (including phenoxy) is 6. The summed E-state index contributed by atoms with van der Waals surface area (Å²) < 4.78 is 34.2. The molecule has 5 saturated carbocycles. The third kappa shape index (κ3) is 42.9. The number of hydrogen-bond acceptors (Lipinski definition) is 12. The normalized spacial score (nSPS) is 23.3. The average molecular weight is 1870 g/mol. The van der Waals surface area contributed by atoms with Gasteiger partial charge in [-0.25, -0.2) is 0 Å². The van der Waals surface area contributed by atoms with Crippen molar-refractivity contribution in [1.82, 2.24) is 0 Å². The molecule has 6 unspecified atom stereocenters. The van der Waals surface area contributed by atoms with Gasteiger partial charge in [0.25, 0.3) is 0 Å². The minimum absolute atomic E-state index is 0. The van der Waals surface area contributed by atoms with Crippen molar-refractivity contribution in [1.29, 1.82) is 0 Å². The van der Waals surface area contributed by atoms with Gasteiger partial charge in [0.2, 0.25) is 0 Å². The molecule has 6 radical (unpaired) electrons. The molecule has 18 heteroatoms. The van der Waals surface area contributed by atoms with Crippen LogP contribution in [0, 0.1) is 87.3 Å². The van der Waals surface area contributed by atoms with E-state index in [1.165, 1.54) is 77.0 Å². The van der Waals surface area contributed by atoms with E-state index in [4.69, 9.17) is 28.4 Å². The Morgan fingerprint density at radius 2 is 0.733 bits per heavy atom. The van der Waals surface area contributed by atoms with Crippen LogP contribution in [0.5, 0.6) is 0 Å². The summed E-state index contributed by atoms with van der Waals surface area (Å²) in [5.74, 6) is 7.26. The molecule has 578 valence electrons. The van der Waals surface area contributed by atoms with Gasteiger partial charge < -0.3 is 28.4 Å². The summed E-state index contributed by atoms with van der Waals surface area (Å²) in [6.45, 7) is 62.2. The Labute approximate surface area is 775 Å². The van der Waals surface area contributed by atoms with Crippen LogP contribution in [0.2, 0.25) is 0 Å². The van der Waals surface area contributed by atoms with Gasteiger partial charge in [-0.15, -0.1) is 0 Å². The molecule has 5 rings (SSSR count). The molecule has 0 N–H and O–H groups in total. The first kappa shape index (κ1) is 117. The minimum atomic E-state index is -0.324. The summed E-state index contributed by atoms with van der Waals surface area (Å²) >= 11 is 0. The zero-order valence-corrected chi connectivity index (χ0v) is 87.9. The number of hydrogen-bond donors (Lipinski definition) is 0. The fourth-order valence-electron chi connectivity index (χ4n) is 14.3. The van der Waals surface area contributed by atoms with Gasteiger partial charge in [-0.1, -0.05) is 171 Å². The Balaban J connectivity index is -0.000000208. The van der Waals surface area contributed by atoms with Crippen LogP contribution in [-0.4, -0.2) is 70.4 Å². The van der Waals surface area contributed by atoms with Crippen molar-refractivity contribution in [2.24, 2.45) is 51.8 Å². The molecule has 5 aliphatic carbocycles. The van der Waals surface area contributed by atoms with E-state index in [2.05, 4.69) is 125 Å². The van der Waals surface area contributed by atoms with E-state index in [9.17, 15) is 28.8 Å². The third-order valence-corrected chi connectivity index (χ3v) is 22.3. The van der Waals surface area contributed by atoms with Gasteiger partial charge in [-0.05, 0) is 160 Å². The van der Waals surface area contributed by atoms with E-state index in [1.807, 2.05) is 83.1 Å². The molecule has 6 atom stereocenters. The zero-order valence-electron chi connectivity index (χ0n) is 70.9. The van der Waals surface area contributed by atoms with Crippen molar-refractivity contribution >= 4 is 35.8 Å². The standard InChI is InChI=1S/C15H27O2.C15H29O2.2C14H25O2.C13H23O2.C12H21O2.6Y/c1-7-11(2)12(16)17-13-14(3,4)9-8-10-15(13,5)6;1-8-13(6)14(16)17-15(7,9-11(2)3)10-12(4)5;1-6-10(2)13(15)16-12-11(3)8-7-9-14(12,4)5;1-6-10(2)13(15)16-14(5)11(3)8-7-9-12(14)4;1-5-10(2)12(14)15-13(4)9-7-6-8-11(13)3;1-4-10(2)11(13)14-12(3)8-6-5-7-9-12;;;;;;/h13H,7-10H2,1-6H3;11-12H,8-10H2,1-7H3;2*11-12H,6-9H2,1-5H3;11H,5-9H2,1-4H3;4-9H2,1-3H3;;;;;;/q6*-1;;;;;;. The summed E-state index contributed by atoms with van der Waals surface area (Å²) in [5.41, 5.74) is -0.711. The van der Waals surface area contributed by atoms with Crippen LogP contribution < -0.4 is 0 Å². The Bertz CT molecular complexity index is 2200. The maximum Gasteiger partial charge on any atom is 0.170 e. The molecule has 0 aromatic carbocycles. The van der Waals surface area contributed by atoms with Crippen molar-refractivity contribution in [3.8, 4) is 0 Å². The molecule has 0 amide bonds. The van der Waals surface area contributed by atoms with Gasteiger partial charge in [0.15, 0.2) is 35.8 Å². The van der Waals surface area contributed by atoms with Crippen molar-refractivity contribution in [3.05, 3.63) is 35.5 Å². The summed E-state index contributed by atoms with van der Waals surface area (Å²) in [6.07, 6.45) is 27.6. The van der Waals surface area contributed by atoms with Crippen LogP contribution in [0.4, 0.5) is 0 Å². The number of carbonyl (C=O) groups excluding carboxylic acids is 6. The molecule has 0 aromatic rings. The fraction of sp³-hybridized carbons (Fsp3) is 0.855. The van der Waals surface area contributed by atoms with Crippen molar-refractivity contribution < 1.29 is 253 Å². The molecule has 5 aliphatic rings. The fourth-order valence-corrected chi connectivity index (χ4v) is 14.3. The third-order valence-electron chi connectivity index (χ3n) is 22.3. The van der Waals surface area contributed by atoms with Crippen molar-refractivity contribution in [2.45, 2.75) is 409 Å². The molecule has 0 spiro atoms. The summed E-state index contributed by atoms with van der Waals surface area (Å²) in [5, 5.41) is 0. The molecule has 0 bridgehead atoms. The van der Waals surface area contributed by atoms with Crippen LogP contribution in [0.1, 0.15) is 375 Å². The SMILES string of the molecule is CC[C-](C)C(=O)OC(C)(CC(C)C)CC(C)C.CC[C-](C)C(=O)OC1(C)C(C)CCCC1C.CC[C-](C)C(=O)OC1(C)CCCCC1.CC[C-](C)C(=O)OC1(C)CCCCC1C.CC[C-](C)C(=O)OC1C(C)(C)CCCC1(C)C.CC[C-](C)C(=O)OC1C(C)CCCC1(C)C.[Y].[Y].[Y].[Y].[Y].[Y]. The Morgan fingerprint density at radius 3 is 1.12 bits per heavy atom. The molecular formula is C83H150O12Y6-6. The first-order valence-corrected chi connectivity index (χ1v) is 38.1. The average Bonchev–Trinajstić information content (AvgIpc) is 0.791. The van der Waals surface area contributed by atoms with Gasteiger partial charge in [-0.3, -0.25) is 64.3 Å². The van der Waals surface area contributed by atoms with Crippen molar-refractivity contribution in [2.75, 3.05) is 0 Å². The smallest absolute Gasteiger partial charge is 0.170 e. The monoisotopic (exact) mass is 1870 g/mol. The van der Waals surface area contributed by atoms with Crippen LogP contribution >= 0.6 is 0 Å². The van der Waals surface area contributed by atoms with Crippen LogP contribution in [-0.2, 0) is 253 Å². The van der Waals surface area contributed by atoms with Crippen molar-refractivity contribution in [3.63, 3.8) is 0 Å². The molecule has 0 aromatic heterocycles. The van der Waals surface area contributed by atoms with E-state index >= 15 is 0 Å². The largest absolute Gasteiger partial charge is 0.484 e. The summed E-state index contributed by atoms with van der Waals surface area (Å²) in [4.78, 5) is 70.9. The molecule has 0 heterocycles. The van der Waals surface area contributed by atoms with Gasteiger partial charge in [0.05, 0.1) is 0 Å². The second-order valence-corrected chi connectivity index (χ2v) is 33.7. The van der Waals surface area contributed by atoms with E-state index in [1.54, 1.807) is 0 Å². The molecule has 0 saturated heterocycles. The summed E-state index contributed by atoms with van der Waals surface area (Å²) in [6, 6.07) is 0. The first-order valence-electron chi connectivity index (χ1n) is 38.1. The predicted molar refractivity (Wildman–Crippen MR) is 393 cm³/mol. The second-order valence-electron chi connectivity index (χ2n) is 33.7. The molecule has 0 aliphatic heterocycles. The quantitative estimate of drug-likeness (QED) is 0.0575. The van der Waals surface area contributed by atoms with Gasteiger partial charge in [-0.2, -0.15) is 80.1 Å². The molecule has 5 fully saturated rings. The Morgan fingerprint density at radius 1 is 0.386 bits per heavy atom. The number of carbonyl (C=O) groups is 6. The van der Waals surface area contributed by atoms with E-state index in [-0.39, 0.29) is 283 Å². The summed E-state index contributed by atoms with van der Waals surface area (Å²) in [7, 11) is 0. The van der Waals surface area contributed by atoms with Gasteiger partial charge in [0, 0.05) is 213 Å². The van der Waals surface area contributed by atoms with Crippen LogP contribution in [0.3, 0.4) is 0 Å². The molecule has 101 heavy (non-hydrogen) atoms. The number of rotatable bonds is 22. The maximum atomic E-state index is 12.0. The van der Waals surface area contributed by atoms with E-state index in [0.29, 0.717) is 35.5 Å². The zero-order chi connectivity index (χ0) is 73.7. The Hall–Kier alpha value is 2.66. The number of esters is 6. The van der Waals surface area contributed by atoms with Crippen LogP contribution in [0.15, 0.2) is 0 Å². The van der Waals surface area contributed by atoms with Gasteiger partial charge in [0.1, 0.15) is 34.6 Å². The predicted octanol–water partition coefficient (Wildman–Crippen LogP) is 22.8. The maximum absolute atomic E-state index is 12.0. The van der Waals surface area contributed by atoms with E-state index < -0.39 is 0 Å². The second kappa shape index (κ2) is 56.8.